The Morgan fingerprint density at radius 1 is 1.15 bits per heavy atom. The van der Waals surface area contributed by atoms with Crippen molar-refractivity contribution in [2.24, 2.45) is 0 Å². The van der Waals surface area contributed by atoms with Crippen LogP contribution in [-0.2, 0) is 0 Å². The summed E-state index contributed by atoms with van der Waals surface area (Å²) in [5.41, 5.74) is 8.59. The molecule has 0 aliphatic carbocycles. The van der Waals surface area contributed by atoms with Gasteiger partial charge in [-0.05, 0) is 37.6 Å². The van der Waals surface area contributed by atoms with E-state index in [9.17, 15) is 0 Å². The highest BCUT2D eigenvalue weighted by Gasteiger charge is 2.21. The van der Waals surface area contributed by atoms with Gasteiger partial charge in [-0.2, -0.15) is 0 Å². The number of halogens is 1. The van der Waals surface area contributed by atoms with E-state index in [0.717, 1.165) is 32.7 Å². The molecule has 0 amide bonds. The van der Waals surface area contributed by atoms with Crippen LogP contribution in [0.2, 0.25) is 0 Å². The van der Waals surface area contributed by atoms with Gasteiger partial charge < -0.3 is 14.7 Å². The molecule has 0 saturated heterocycles. The van der Waals surface area contributed by atoms with E-state index in [1.165, 1.54) is 0 Å². The molecule has 0 radical (unpaired) electrons. The molecule has 0 saturated carbocycles. The van der Waals surface area contributed by atoms with Crippen molar-refractivity contribution in [3.63, 3.8) is 0 Å². The van der Waals surface area contributed by atoms with Crippen molar-refractivity contribution in [3.8, 4) is 22.5 Å². The fraction of sp³-hybridized carbons (Fsp3) is 0.133. The minimum absolute atomic E-state index is 0.376. The zero-order chi connectivity index (χ0) is 14.3. The molecule has 2 aromatic heterocycles. The SMILES string of the molecule is Cc1cc(-c2onc(N)c2-c2ccc(Br)cc2)c(C)o1. The zero-order valence-electron chi connectivity index (χ0n) is 11.1. The number of nitrogens with two attached hydrogens (primary N) is 1. The molecule has 4 nitrogen and oxygen atoms in total. The van der Waals surface area contributed by atoms with Gasteiger partial charge in [-0.3, -0.25) is 0 Å². The van der Waals surface area contributed by atoms with Gasteiger partial charge in [-0.25, -0.2) is 0 Å². The third kappa shape index (κ3) is 2.14. The molecule has 5 heteroatoms. The number of aromatic nitrogens is 1. The first-order valence-electron chi connectivity index (χ1n) is 6.14. The van der Waals surface area contributed by atoms with Gasteiger partial charge in [0.1, 0.15) is 11.5 Å². The Bertz CT molecular complexity index is 757. The molecule has 0 fully saturated rings. The summed E-state index contributed by atoms with van der Waals surface area (Å²) in [6, 6.07) is 9.78. The van der Waals surface area contributed by atoms with E-state index in [1.807, 2.05) is 44.2 Å². The van der Waals surface area contributed by atoms with Crippen LogP contribution in [-0.4, -0.2) is 5.16 Å². The highest BCUT2D eigenvalue weighted by atomic mass is 79.9. The van der Waals surface area contributed by atoms with Crippen LogP contribution in [0.1, 0.15) is 11.5 Å². The van der Waals surface area contributed by atoms with Crippen molar-refractivity contribution in [1.82, 2.24) is 5.16 Å². The summed E-state index contributed by atoms with van der Waals surface area (Å²) >= 11 is 3.42. The van der Waals surface area contributed by atoms with Crippen LogP contribution < -0.4 is 5.73 Å². The van der Waals surface area contributed by atoms with E-state index in [1.54, 1.807) is 0 Å². The fourth-order valence-electron chi connectivity index (χ4n) is 2.24. The normalized spacial score (nSPS) is 10.9. The molecule has 2 N–H and O–H groups in total. The van der Waals surface area contributed by atoms with Gasteiger partial charge in [0.05, 0.1) is 11.1 Å². The maximum Gasteiger partial charge on any atom is 0.180 e. The highest BCUT2D eigenvalue weighted by Crippen LogP contribution is 2.39. The van der Waals surface area contributed by atoms with Crippen molar-refractivity contribution in [1.29, 1.82) is 0 Å². The second-order valence-electron chi connectivity index (χ2n) is 4.61. The molecule has 0 unspecified atom stereocenters. The van der Waals surface area contributed by atoms with Crippen LogP contribution in [0.3, 0.4) is 0 Å². The molecule has 0 spiro atoms. The van der Waals surface area contributed by atoms with E-state index < -0.39 is 0 Å². The Labute approximate surface area is 124 Å². The van der Waals surface area contributed by atoms with E-state index in [-0.39, 0.29) is 0 Å². The smallest absolute Gasteiger partial charge is 0.180 e. The minimum Gasteiger partial charge on any atom is -0.466 e. The van der Waals surface area contributed by atoms with E-state index >= 15 is 0 Å². The monoisotopic (exact) mass is 332 g/mol. The number of anilines is 1. The molecule has 1 aromatic carbocycles. The number of benzene rings is 1. The first kappa shape index (κ1) is 13.0. The average molecular weight is 333 g/mol. The van der Waals surface area contributed by atoms with E-state index in [4.69, 9.17) is 14.7 Å². The van der Waals surface area contributed by atoms with E-state index in [2.05, 4.69) is 21.1 Å². The van der Waals surface area contributed by atoms with Gasteiger partial charge in [0, 0.05) is 4.47 Å². The molecule has 3 rings (SSSR count). The van der Waals surface area contributed by atoms with Crippen molar-refractivity contribution in [2.45, 2.75) is 13.8 Å². The molecule has 0 bridgehead atoms. The maximum absolute atomic E-state index is 5.96. The fourth-order valence-corrected chi connectivity index (χ4v) is 2.50. The van der Waals surface area contributed by atoms with Crippen LogP contribution >= 0.6 is 15.9 Å². The predicted molar refractivity (Wildman–Crippen MR) is 81.2 cm³/mol. The van der Waals surface area contributed by atoms with Gasteiger partial charge in [0.15, 0.2) is 11.6 Å². The number of hydrogen-bond acceptors (Lipinski definition) is 4. The van der Waals surface area contributed by atoms with Crippen LogP contribution in [0.4, 0.5) is 5.82 Å². The lowest BCUT2D eigenvalue weighted by Gasteiger charge is -2.02. The van der Waals surface area contributed by atoms with Crippen molar-refractivity contribution in [2.75, 3.05) is 5.73 Å². The highest BCUT2D eigenvalue weighted by molar-refractivity contribution is 9.10. The summed E-state index contributed by atoms with van der Waals surface area (Å²) in [5, 5.41) is 3.89. The summed E-state index contributed by atoms with van der Waals surface area (Å²) in [6.07, 6.45) is 0. The van der Waals surface area contributed by atoms with Gasteiger partial charge in [-0.1, -0.05) is 33.2 Å². The van der Waals surface area contributed by atoms with Crippen LogP contribution in [0.25, 0.3) is 22.5 Å². The second-order valence-corrected chi connectivity index (χ2v) is 5.52. The number of rotatable bonds is 2. The predicted octanol–water partition coefficient (Wildman–Crippen LogP) is 4.56. The molecule has 20 heavy (non-hydrogen) atoms. The van der Waals surface area contributed by atoms with Gasteiger partial charge in [0.25, 0.3) is 0 Å². The van der Waals surface area contributed by atoms with E-state index in [0.29, 0.717) is 11.6 Å². The van der Waals surface area contributed by atoms with Crippen LogP contribution in [0.15, 0.2) is 43.7 Å². The summed E-state index contributed by atoms with van der Waals surface area (Å²) in [7, 11) is 0. The molecule has 2 heterocycles. The first-order chi connectivity index (χ1) is 9.56. The number of hydrogen-bond donors (Lipinski definition) is 1. The lowest BCUT2D eigenvalue weighted by molar-refractivity contribution is 0.434. The number of furan rings is 1. The largest absolute Gasteiger partial charge is 0.466 e. The molecule has 0 atom stereocenters. The minimum atomic E-state index is 0.376. The third-order valence-electron chi connectivity index (χ3n) is 3.14. The van der Waals surface area contributed by atoms with Gasteiger partial charge in [-0.15, -0.1) is 0 Å². The van der Waals surface area contributed by atoms with Crippen molar-refractivity contribution < 1.29 is 8.94 Å². The van der Waals surface area contributed by atoms with Crippen LogP contribution in [0, 0.1) is 13.8 Å². The molecular weight excluding hydrogens is 320 g/mol. The van der Waals surface area contributed by atoms with Crippen molar-refractivity contribution >= 4 is 21.7 Å². The van der Waals surface area contributed by atoms with Gasteiger partial charge >= 0.3 is 0 Å². The zero-order valence-corrected chi connectivity index (χ0v) is 12.7. The summed E-state index contributed by atoms with van der Waals surface area (Å²) in [5.74, 6) is 2.63. The number of aryl methyl sites for hydroxylation is 2. The Morgan fingerprint density at radius 3 is 2.45 bits per heavy atom. The Hall–Kier alpha value is -2.01. The molecule has 3 aromatic rings. The summed E-state index contributed by atoms with van der Waals surface area (Å²) < 4.78 is 12.0. The van der Waals surface area contributed by atoms with Crippen molar-refractivity contribution in [3.05, 3.63) is 46.3 Å². The topological polar surface area (TPSA) is 65.2 Å². The van der Waals surface area contributed by atoms with Gasteiger partial charge in [0.2, 0.25) is 0 Å². The molecular formula is C15H13BrN2O2. The maximum atomic E-state index is 5.96. The second kappa shape index (κ2) is 4.83. The molecule has 102 valence electrons. The molecule has 0 aliphatic rings. The first-order valence-corrected chi connectivity index (χ1v) is 6.94. The lowest BCUT2D eigenvalue weighted by Crippen LogP contribution is -1.88. The Kier molecular flexibility index (Phi) is 3.14. The quantitative estimate of drug-likeness (QED) is 0.746. The van der Waals surface area contributed by atoms with Crippen LogP contribution in [0.5, 0.6) is 0 Å². The third-order valence-corrected chi connectivity index (χ3v) is 3.67. The molecule has 0 aliphatic heterocycles. The number of nitrogens with zero attached hydrogens (tertiary/aromatic N) is 1. The Morgan fingerprint density at radius 2 is 1.85 bits per heavy atom. The standard InChI is InChI=1S/C15H13BrN2O2/c1-8-7-12(9(2)19-8)14-13(15(17)18-20-14)10-3-5-11(16)6-4-10/h3-7H,1-2H3,(H2,17,18). The Balaban J connectivity index is 2.19. The summed E-state index contributed by atoms with van der Waals surface area (Å²) in [4.78, 5) is 0. The number of nitrogen functional groups attached to an aromatic ring is 1. The average Bonchev–Trinajstić information content (AvgIpc) is 2.93. The lowest BCUT2D eigenvalue weighted by atomic mass is 10.0. The summed E-state index contributed by atoms with van der Waals surface area (Å²) in [6.45, 7) is 3.79.